The Labute approximate surface area is 140 Å². The van der Waals surface area contributed by atoms with Crippen molar-refractivity contribution < 1.29 is 0 Å². The fourth-order valence-electron chi connectivity index (χ4n) is 2.53. The molecular formula is C16H11ClN6O. The Morgan fingerprint density at radius 2 is 2.08 bits per heavy atom. The van der Waals surface area contributed by atoms with E-state index in [1.165, 1.54) is 17.2 Å². The van der Waals surface area contributed by atoms with Crippen LogP contribution >= 0.6 is 11.6 Å². The minimum Gasteiger partial charge on any atom is -0.382 e. The monoisotopic (exact) mass is 338 g/mol. The molecule has 0 unspecified atom stereocenters. The van der Waals surface area contributed by atoms with E-state index in [4.69, 9.17) is 17.3 Å². The number of nitrogen functional groups attached to an aromatic ring is 1. The van der Waals surface area contributed by atoms with Crippen molar-refractivity contribution in [3.63, 3.8) is 0 Å². The number of anilines is 1. The van der Waals surface area contributed by atoms with Crippen LogP contribution in [0.25, 0.3) is 27.8 Å². The maximum absolute atomic E-state index is 11.9. The Kier molecular flexibility index (Phi) is 3.28. The predicted molar refractivity (Wildman–Crippen MR) is 92.1 cm³/mol. The normalized spacial score (nSPS) is 11.0. The number of nitrogens with two attached hydrogens (primary N) is 1. The zero-order valence-electron chi connectivity index (χ0n) is 12.3. The third kappa shape index (κ3) is 2.31. The third-order valence-electron chi connectivity index (χ3n) is 3.63. The molecule has 0 saturated heterocycles. The summed E-state index contributed by atoms with van der Waals surface area (Å²) in [6.07, 6.45) is 4.61. The van der Waals surface area contributed by atoms with Crippen molar-refractivity contribution in [3.8, 4) is 16.9 Å². The topological polar surface area (TPSA) is 102 Å². The molecule has 0 radical (unpaired) electrons. The Bertz CT molecular complexity index is 1120. The molecule has 7 nitrogen and oxygen atoms in total. The van der Waals surface area contributed by atoms with Crippen LogP contribution in [0.1, 0.15) is 0 Å². The van der Waals surface area contributed by atoms with E-state index in [1.807, 2.05) is 12.1 Å². The fourth-order valence-corrected chi connectivity index (χ4v) is 2.72. The molecule has 1 aromatic carbocycles. The van der Waals surface area contributed by atoms with Crippen LogP contribution in [0.2, 0.25) is 5.02 Å². The van der Waals surface area contributed by atoms with Crippen LogP contribution in [0.5, 0.6) is 0 Å². The molecular weight excluding hydrogens is 328 g/mol. The summed E-state index contributed by atoms with van der Waals surface area (Å²) in [7, 11) is 0. The summed E-state index contributed by atoms with van der Waals surface area (Å²) in [6.45, 7) is 0. The van der Waals surface area contributed by atoms with Gasteiger partial charge in [0.1, 0.15) is 5.52 Å². The van der Waals surface area contributed by atoms with Gasteiger partial charge in [-0.15, -0.1) is 5.10 Å². The number of H-pyrrole nitrogens is 1. The number of benzene rings is 1. The van der Waals surface area contributed by atoms with Gasteiger partial charge in [-0.2, -0.15) is 0 Å². The highest BCUT2D eigenvalue weighted by molar-refractivity contribution is 6.30. The van der Waals surface area contributed by atoms with Gasteiger partial charge in [-0.25, -0.2) is 14.6 Å². The Hall–Kier alpha value is -3.19. The second kappa shape index (κ2) is 5.47. The van der Waals surface area contributed by atoms with E-state index in [9.17, 15) is 4.79 Å². The summed E-state index contributed by atoms with van der Waals surface area (Å²) in [4.78, 5) is 22.9. The van der Waals surface area contributed by atoms with Crippen molar-refractivity contribution >= 4 is 28.3 Å². The van der Waals surface area contributed by atoms with Gasteiger partial charge in [-0.3, -0.25) is 4.79 Å². The molecule has 24 heavy (non-hydrogen) atoms. The molecule has 4 aromatic rings. The van der Waals surface area contributed by atoms with Crippen LogP contribution in [0.4, 0.5) is 5.82 Å². The van der Waals surface area contributed by atoms with E-state index >= 15 is 0 Å². The lowest BCUT2D eigenvalue weighted by atomic mass is 10.1. The largest absolute Gasteiger partial charge is 0.382 e. The van der Waals surface area contributed by atoms with Gasteiger partial charge < -0.3 is 10.7 Å². The number of nitrogens with one attached hydrogen (secondary N) is 1. The van der Waals surface area contributed by atoms with Crippen LogP contribution < -0.4 is 11.3 Å². The van der Waals surface area contributed by atoms with E-state index < -0.39 is 0 Å². The predicted octanol–water partition coefficient (Wildman–Crippen LogP) is 2.41. The molecule has 3 heterocycles. The molecule has 0 spiro atoms. The van der Waals surface area contributed by atoms with Gasteiger partial charge in [-0.1, -0.05) is 23.7 Å². The van der Waals surface area contributed by atoms with Crippen molar-refractivity contribution in [2.24, 2.45) is 0 Å². The van der Waals surface area contributed by atoms with Crippen molar-refractivity contribution in [1.82, 2.24) is 24.7 Å². The quantitative estimate of drug-likeness (QED) is 0.584. The van der Waals surface area contributed by atoms with E-state index in [-0.39, 0.29) is 5.56 Å². The van der Waals surface area contributed by atoms with E-state index in [2.05, 4.69) is 20.1 Å². The number of halogens is 1. The summed E-state index contributed by atoms with van der Waals surface area (Å²) >= 11 is 6.04. The molecule has 0 bridgehead atoms. The Morgan fingerprint density at radius 3 is 2.92 bits per heavy atom. The average Bonchev–Trinajstić information content (AvgIpc) is 2.96. The maximum Gasteiger partial charge on any atom is 0.258 e. The van der Waals surface area contributed by atoms with Gasteiger partial charge in [-0.05, 0) is 23.8 Å². The molecule has 0 atom stereocenters. The molecule has 0 amide bonds. The highest BCUT2D eigenvalue weighted by Gasteiger charge is 2.14. The highest BCUT2D eigenvalue weighted by Crippen LogP contribution is 2.28. The summed E-state index contributed by atoms with van der Waals surface area (Å²) in [5, 5.41) is 5.34. The van der Waals surface area contributed by atoms with E-state index in [1.54, 1.807) is 24.4 Å². The maximum atomic E-state index is 11.9. The first-order valence-electron chi connectivity index (χ1n) is 7.07. The summed E-state index contributed by atoms with van der Waals surface area (Å²) < 4.78 is 1.51. The summed E-state index contributed by atoms with van der Waals surface area (Å²) in [5.41, 5.74) is 7.82. The smallest absolute Gasteiger partial charge is 0.258 e. The van der Waals surface area contributed by atoms with E-state index in [0.29, 0.717) is 27.6 Å². The minimum absolute atomic E-state index is 0.237. The fraction of sp³-hybridized carbons (Fsp3) is 0. The van der Waals surface area contributed by atoms with Crippen LogP contribution in [0, 0.1) is 0 Å². The number of rotatable bonds is 2. The van der Waals surface area contributed by atoms with Crippen molar-refractivity contribution in [2.75, 3.05) is 5.73 Å². The van der Waals surface area contributed by atoms with Crippen LogP contribution in [0.3, 0.4) is 0 Å². The number of pyridine rings is 1. The standard InChI is InChI=1S/C16H11ClN6O/c17-10-3-1-2-9(6-10)12-7-23(22-14(12)18)15-13-11(4-5-19-15)16(24)21-8-20-13/h1-8H,(H2,18,22)(H,20,21,24). The first kappa shape index (κ1) is 14.4. The van der Waals surface area contributed by atoms with Crippen molar-refractivity contribution in [2.45, 2.75) is 0 Å². The lowest BCUT2D eigenvalue weighted by molar-refractivity contribution is 0.856. The van der Waals surface area contributed by atoms with Gasteiger partial charge >= 0.3 is 0 Å². The molecule has 3 aromatic heterocycles. The Balaban J connectivity index is 1.92. The third-order valence-corrected chi connectivity index (χ3v) is 3.87. The van der Waals surface area contributed by atoms with Crippen LogP contribution in [0.15, 0.2) is 53.8 Å². The summed E-state index contributed by atoms with van der Waals surface area (Å²) in [6, 6.07) is 8.93. The minimum atomic E-state index is -0.237. The van der Waals surface area contributed by atoms with Crippen LogP contribution in [-0.4, -0.2) is 24.7 Å². The lowest BCUT2D eigenvalue weighted by Gasteiger charge is -2.03. The zero-order chi connectivity index (χ0) is 16.7. The molecule has 4 rings (SSSR count). The second-order valence-electron chi connectivity index (χ2n) is 5.15. The first-order valence-corrected chi connectivity index (χ1v) is 7.45. The van der Waals surface area contributed by atoms with Gasteiger partial charge in [0.05, 0.1) is 11.7 Å². The SMILES string of the molecule is Nc1nn(-c2nccc3c(=O)[nH]cnc23)cc1-c1cccc(Cl)c1. The highest BCUT2D eigenvalue weighted by atomic mass is 35.5. The first-order chi connectivity index (χ1) is 11.6. The average molecular weight is 339 g/mol. The van der Waals surface area contributed by atoms with Crippen molar-refractivity contribution in [3.05, 3.63) is 64.4 Å². The van der Waals surface area contributed by atoms with Crippen molar-refractivity contribution in [1.29, 1.82) is 0 Å². The molecule has 8 heteroatoms. The number of aromatic amines is 1. The second-order valence-corrected chi connectivity index (χ2v) is 5.58. The van der Waals surface area contributed by atoms with Crippen LogP contribution in [-0.2, 0) is 0 Å². The van der Waals surface area contributed by atoms with Gasteiger partial charge in [0.25, 0.3) is 5.56 Å². The molecule has 0 fully saturated rings. The number of fused-ring (bicyclic) bond motifs is 1. The number of hydrogen-bond acceptors (Lipinski definition) is 5. The Morgan fingerprint density at radius 1 is 1.21 bits per heavy atom. The van der Waals surface area contributed by atoms with Gasteiger partial charge in [0, 0.05) is 23.0 Å². The molecule has 0 saturated carbocycles. The number of aromatic nitrogens is 5. The van der Waals surface area contributed by atoms with E-state index in [0.717, 1.165) is 11.1 Å². The molecule has 0 aliphatic heterocycles. The zero-order valence-corrected chi connectivity index (χ0v) is 13.0. The molecule has 0 aliphatic rings. The number of hydrogen-bond donors (Lipinski definition) is 2. The molecule has 0 aliphatic carbocycles. The summed E-state index contributed by atoms with van der Waals surface area (Å²) in [5.74, 6) is 0.763. The van der Waals surface area contributed by atoms with Gasteiger partial charge in [0.15, 0.2) is 11.6 Å². The van der Waals surface area contributed by atoms with Gasteiger partial charge in [0.2, 0.25) is 0 Å². The molecule has 118 valence electrons. The molecule has 3 N–H and O–H groups in total. The lowest BCUT2D eigenvalue weighted by Crippen LogP contribution is -2.09. The number of nitrogens with zero attached hydrogens (tertiary/aromatic N) is 4.